The number of nitro benzene ring substituents is 1. The van der Waals surface area contributed by atoms with E-state index in [2.05, 4.69) is 9.97 Å². The number of nitro groups is 1. The number of methoxy groups -OCH3 is 2. The zero-order valence-corrected chi connectivity index (χ0v) is 14.3. The average Bonchev–Trinajstić information content (AvgIpc) is 3.09. The summed E-state index contributed by atoms with van der Waals surface area (Å²) in [6, 6.07) is 8.56. The maximum absolute atomic E-state index is 11.1. The lowest BCUT2D eigenvalue weighted by molar-refractivity contribution is -0.384. The maximum Gasteiger partial charge on any atom is 0.271 e. The fraction of sp³-hybridized carbons (Fsp3) is 0.222. The van der Waals surface area contributed by atoms with Crippen molar-refractivity contribution in [1.82, 2.24) is 9.97 Å². The molecule has 0 aliphatic carbocycles. The van der Waals surface area contributed by atoms with E-state index in [4.69, 9.17) is 9.47 Å². The van der Waals surface area contributed by atoms with Crippen LogP contribution in [0.15, 0.2) is 36.7 Å². The predicted molar refractivity (Wildman–Crippen MR) is 96.4 cm³/mol. The number of fused-ring (bicyclic) bond motifs is 2. The second-order valence-corrected chi connectivity index (χ2v) is 5.89. The highest BCUT2D eigenvalue weighted by Gasteiger charge is 2.26. The third-order valence-electron chi connectivity index (χ3n) is 4.55. The molecule has 26 heavy (non-hydrogen) atoms. The van der Waals surface area contributed by atoms with Crippen LogP contribution in [0.4, 0.5) is 17.2 Å². The molecule has 8 nitrogen and oxygen atoms in total. The van der Waals surface area contributed by atoms with Crippen molar-refractivity contribution in [2.45, 2.75) is 6.42 Å². The third kappa shape index (κ3) is 2.46. The highest BCUT2D eigenvalue weighted by atomic mass is 16.6. The molecule has 0 saturated carbocycles. The van der Waals surface area contributed by atoms with Crippen molar-refractivity contribution in [3.8, 4) is 11.5 Å². The van der Waals surface area contributed by atoms with Crippen molar-refractivity contribution in [3.63, 3.8) is 0 Å². The van der Waals surface area contributed by atoms with Gasteiger partial charge in [-0.3, -0.25) is 10.1 Å². The van der Waals surface area contributed by atoms with Crippen molar-refractivity contribution in [2.75, 3.05) is 25.7 Å². The summed E-state index contributed by atoms with van der Waals surface area (Å²) < 4.78 is 10.7. The molecule has 2 aromatic carbocycles. The van der Waals surface area contributed by atoms with Crippen LogP contribution in [-0.2, 0) is 6.42 Å². The van der Waals surface area contributed by atoms with E-state index in [1.54, 1.807) is 32.4 Å². The number of nitrogens with zero attached hydrogens (tertiary/aromatic N) is 4. The van der Waals surface area contributed by atoms with E-state index in [1.165, 1.54) is 12.4 Å². The molecule has 1 aliphatic rings. The lowest BCUT2D eigenvalue weighted by Gasteiger charge is -2.20. The summed E-state index contributed by atoms with van der Waals surface area (Å²) in [4.78, 5) is 21.5. The zero-order valence-electron chi connectivity index (χ0n) is 14.3. The van der Waals surface area contributed by atoms with Crippen molar-refractivity contribution >= 4 is 28.1 Å². The lowest BCUT2D eigenvalue weighted by atomic mass is 10.1. The van der Waals surface area contributed by atoms with Crippen LogP contribution in [0.1, 0.15) is 5.56 Å². The Bertz CT molecular complexity index is 1020. The van der Waals surface area contributed by atoms with Gasteiger partial charge >= 0.3 is 0 Å². The molecule has 0 unspecified atom stereocenters. The molecule has 0 atom stereocenters. The Morgan fingerprint density at radius 3 is 2.62 bits per heavy atom. The van der Waals surface area contributed by atoms with Crippen molar-refractivity contribution in [3.05, 3.63) is 52.3 Å². The molecule has 0 amide bonds. The van der Waals surface area contributed by atoms with E-state index >= 15 is 0 Å². The zero-order chi connectivity index (χ0) is 18.3. The topological polar surface area (TPSA) is 90.6 Å². The number of benzene rings is 2. The van der Waals surface area contributed by atoms with Crippen LogP contribution in [-0.4, -0.2) is 35.7 Å². The summed E-state index contributed by atoms with van der Waals surface area (Å²) >= 11 is 0. The summed E-state index contributed by atoms with van der Waals surface area (Å²) in [5, 5.41) is 11.9. The van der Waals surface area contributed by atoms with Gasteiger partial charge in [0.25, 0.3) is 5.69 Å². The predicted octanol–water partition coefficient (Wildman–Crippen LogP) is 3.25. The van der Waals surface area contributed by atoms with Gasteiger partial charge in [0, 0.05) is 30.1 Å². The van der Waals surface area contributed by atoms with Crippen molar-refractivity contribution in [2.24, 2.45) is 0 Å². The highest BCUT2D eigenvalue weighted by molar-refractivity contribution is 5.94. The largest absolute Gasteiger partial charge is 0.493 e. The van der Waals surface area contributed by atoms with E-state index in [1.807, 2.05) is 11.0 Å². The Morgan fingerprint density at radius 2 is 1.88 bits per heavy atom. The van der Waals surface area contributed by atoms with E-state index in [-0.39, 0.29) is 10.6 Å². The number of hydrogen-bond donors (Lipinski definition) is 0. The highest BCUT2D eigenvalue weighted by Crippen LogP contribution is 2.40. The molecule has 8 heteroatoms. The van der Waals surface area contributed by atoms with Gasteiger partial charge in [-0.1, -0.05) is 6.07 Å². The molecule has 0 saturated heterocycles. The SMILES string of the molecule is COc1cc2ncnc(N3CCc4ccc([N+](=O)[O-])cc43)c2cc1OC. The first-order valence-electron chi connectivity index (χ1n) is 8.04. The quantitative estimate of drug-likeness (QED) is 0.526. The minimum atomic E-state index is -0.386. The van der Waals surface area contributed by atoms with Gasteiger partial charge in [-0.25, -0.2) is 9.97 Å². The van der Waals surface area contributed by atoms with Crippen LogP contribution in [0.2, 0.25) is 0 Å². The first kappa shape index (κ1) is 16.1. The van der Waals surface area contributed by atoms with Gasteiger partial charge < -0.3 is 14.4 Å². The van der Waals surface area contributed by atoms with Gasteiger partial charge in [-0.15, -0.1) is 0 Å². The number of hydrogen-bond acceptors (Lipinski definition) is 7. The van der Waals surface area contributed by atoms with Gasteiger partial charge in [0.15, 0.2) is 11.5 Å². The van der Waals surface area contributed by atoms with Crippen LogP contribution < -0.4 is 14.4 Å². The molecule has 3 aromatic rings. The minimum absolute atomic E-state index is 0.0632. The first-order valence-corrected chi connectivity index (χ1v) is 8.04. The molecule has 2 heterocycles. The van der Waals surface area contributed by atoms with Gasteiger partial charge in [-0.2, -0.15) is 0 Å². The second kappa shape index (κ2) is 6.14. The number of aromatic nitrogens is 2. The molecule has 0 N–H and O–H groups in total. The molecule has 132 valence electrons. The first-order chi connectivity index (χ1) is 12.6. The average molecular weight is 352 g/mol. The van der Waals surface area contributed by atoms with Crippen molar-refractivity contribution in [1.29, 1.82) is 0 Å². The Labute approximate surface area is 149 Å². The Balaban J connectivity index is 1.89. The maximum atomic E-state index is 11.1. The van der Waals surface area contributed by atoms with Gasteiger partial charge in [0.2, 0.25) is 0 Å². The van der Waals surface area contributed by atoms with E-state index in [9.17, 15) is 10.1 Å². The number of anilines is 2. The normalized spacial score (nSPS) is 12.9. The summed E-state index contributed by atoms with van der Waals surface area (Å²) in [6.45, 7) is 0.691. The summed E-state index contributed by atoms with van der Waals surface area (Å²) in [6.07, 6.45) is 2.28. The smallest absolute Gasteiger partial charge is 0.271 e. The Morgan fingerprint density at radius 1 is 1.12 bits per heavy atom. The standard InChI is InChI=1S/C18H16N4O4/c1-25-16-8-13-14(9-17(16)26-2)19-10-20-18(13)21-6-5-11-3-4-12(22(23)24)7-15(11)21/h3-4,7-10H,5-6H2,1-2H3. The van der Waals surface area contributed by atoms with Crippen LogP contribution in [0.25, 0.3) is 10.9 Å². The lowest BCUT2D eigenvalue weighted by Crippen LogP contribution is -2.15. The molecule has 1 aromatic heterocycles. The molecule has 1 aliphatic heterocycles. The number of rotatable bonds is 4. The Hall–Kier alpha value is -3.42. The second-order valence-electron chi connectivity index (χ2n) is 5.89. The van der Waals surface area contributed by atoms with Crippen LogP contribution >= 0.6 is 0 Å². The monoisotopic (exact) mass is 352 g/mol. The summed E-state index contributed by atoms with van der Waals surface area (Å²) in [5.74, 6) is 1.85. The fourth-order valence-electron chi connectivity index (χ4n) is 3.29. The van der Waals surface area contributed by atoms with Crippen LogP contribution in [0.5, 0.6) is 11.5 Å². The van der Waals surface area contributed by atoms with Gasteiger partial charge in [0.05, 0.1) is 30.3 Å². The molecule has 0 bridgehead atoms. The van der Waals surface area contributed by atoms with E-state index < -0.39 is 0 Å². The number of non-ortho nitro benzene ring substituents is 1. The molecular formula is C18H16N4O4. The third-order valence-corrected chi connectivity index (χ3v) is 4.55. The van der Waals surface area contributed by atoms with Crippen LogP contribution in [0.3, 0.4) is 0 Å². The van der Waals surface area contributed by atoms with E-state index in [0.717, 1.165) is 23.1 Å². The molecule has 0 spiro atoms. The molecule has 0 radical (unpaired) electrons. The Kier molecular flexibility index (Phi) is 3.80. The molecule has 4 rings (SSSR count). The summed E-state index contributed by atoms with van der Waals surface area (Å²) in [7, 11) is 3.14. The number of ether oxygens (including phenoxy) is 2. The molecule has 0 fully saturated rings. The van der Waals surface area contributed by atoms with Gasteiger partial charge in [0.1, 0.15) is 12.1 Å². The van der Waals surface area contributed by atoms with E-state index in [0.29, 0.717) is 29.4 Å². The fourth-order valence-corrected chi connectivity index (χ4v) is 3.29. The van der Waals surface area contributed by atoms with Gasteiger partial charge in [-0.05, 0) is 18.1 Å². The van der Waals surface area contributed by atoms with Crippen molar-refractivity contribution < 1.29 is 14.4 Å². The summed E-state index contributed by atoms with van der Waals surface area (Å²) in [5.41, 5.74) is 2.64. The van der Waals surface area contributed by atoms with Crippen LogP contribution in [0, 0.1) is 10.1 Å². The molecular weight excluding hydrogens is 336 g/mol. The minimum Gasteiger partial charge on any atom is -0.493 e.